The standard InChI is InChI=1S/C15H19Cl2NO2/c1-15(10-14(19)20,18-7-3-2-4-8-18)12-9-11(16)5-6-13(12)17/h5-6,9H,2-4,7-8,10H2,1H3,(H,19,20). The Kier molecular flexibility index (Phi) is 4.95. The molecule has 0 aliphatic carbocycles. The zero-order valence-corrected chi connectivity index (χ0v) is 13.0. The van der Waals surface area contributed by atoms with E-state index in [1.807, 2.05) is 6.92 Å². The molecule has 1 fully saturated rings. The molecule has 1 atom stereocenters. The Hall–Kier alpha value is -0.770. The van der Waals surface area contributed by atoms with Gasteiger partial charge in [-0.05, 0) is 56.6 Å². The van der Waals surface area contributed by atoms with Crippen molar-refractivity contribution in [3.05, 3.63) is 33.8 Å². The van der Waals surface area contributed by atoms with Gasteiger partial charge in [-0.1, -0.05) is 29.6 Å². The largest absolute Gasteiger partial charge is 0.481 e. The van der Waals surface area contributed by atoms with Crippen LogP contribution in [0.25, 0.3) is 0 Å². The predicted octanol–water partition coefficient (Wildman–Crippen LogP) is 4.17. The molecular weight excluding hydrogens is 297 g/mol. The number of carboxylic acid groups (broad SMARTS) is 1. The Balaban J connectivity index is 2.44. The second kappa shape index (κ2) is 6.33. The van der Waals surface area contributed by atoms with Crippen molar-refractivity contribution in [2.75, 3.05) is 13.1 Å². The molecule has 0 amide bonds. The first-order valence-electron chi connectivity index (χ1n) is 6.86. The smallest absolute Gasteiger partial charge is 0.305 e. The van der Waals surface area contributed by atoms with Crippen LogP contribution in [0.15, 0.2) is 18.2 Å². The summed E-state index contributed by atoms with van der Waals surface area (Å²) in [5.41, 5.74) is 0.185. The highest BCUT2D eigenvalue weighted by atomic mass is 35.5. The highest BCUT2D eigenvalue weighted by molar-refractivity contribution is 6.33. The number of carboxylic acids is 1. The summed E-state index contributed by atoms with van der Waals surface area (Å²) in [6.07, 6.45) is 3.40. The van der Waals surface area contributed by atoms with Gasteiger partial charge in [0.25, 0.3) is 0 Å². The van der Waals surface area contributed by atoms with Gasteiger partial charge in [0.1, 0.15) is 0 Å². The van der Waals surface area contributed by atoms with Crippen molar-refractivity contribution in [1.82, 2.24) is 4.90 Å². The average Bonchev–Trinajstić information content (AvgIpc) is 2.41. The summed E-state index contributed by atoms with van der Waals surface area (Å²) in [4.78, 5) is 13.5. The van der Waals surface area contributed by atoms with Crippen LogP contribution >= 0.6 is 23.2 Å². The highest BCUT2D eigenvalue weighted by Gasteiger charge is 2.38. The van der Waals surface area contributed by atoms with E-state index in [1.54, 1.807) is 18.2 Å². The summed E-state index contributed by atoms with van der Waals surface area (Å²) in [5.74, 6) is -0.825. The summed E-state index contributed by atoms with van der Waals surface area (Å²) < 4.78 is 0. The van der Waals surface area contributed by atoms with Crippen molar-refractivity contribution >= 4 is 29.2 Å². The van der Waals surface area contributed by atoms with Gasteiger partial charge < -0.3 is 5.11 Å². The third-order valence-electron chi connectivity index (χ3n) is 4.06. The molecule has 1 aromatic rings. The monoisotopic (exact) mass is 315 g/mol. The molecule has 1 aliphatic heterocycles. The zero-order chi connectivity index (χ0) is 14.8. The van der Waals surface area contributed by atoms with Crippen molar-refractivity contribution in [2.45, 2.75) is 38.1 Å². The molecule has 3 nitrogen and oxygen atoms in total. The number of nitrogens with zero attached hydrogens (tertiary/aromatic N) is 1. The Morgan fingerprint density at radius 3 is 2.55 bits per heavy atom. The van der Waals surface area contributed by atoms with E-state index in [0.717, 1.165) is 31.5 Å². The van der Waals surface area contributed by atoms with E-state index in [0.29, 0.717) is 10.0 Å². The number of rotatable bonds is 4. The van der Waals surface area contributed by atoms with Crippen molar-refractivity contribution in [1.29, 1.82) is 0 Å². The molecule has 1 unspecified atom stereocenters. The van der Waals surface area contributed by atoms with Crippen LogP contribution in [-0.4, -0.2) is 29.1 Å². The normalized spacial score (nSPS) is 19.6. The molecule has 0 aromatic heterocycles. The maximum Gasteiger partial charge on any atom is 0.305 e. The SMILES string of the molecule is CC(CC(=O)O)(c1cc(Cl)ccc1Cl)N1CCCCC1. The van der Waals surface area contributed by atoms with Crippen molar-refractivity contribution in [3.63, 3.8) is 0 Å². The Morgan fingerprint density at radius 2 is 1.95 bits per heavy atom. The average molecular weight is 316 g/mol. The molecule has 1 aliphatic rings. The molecule has 2 rings (SSSR count). The van der Waals surface area contributed by atoms with Gasteiger partial charge in [0.2, 0.25) is 0 Å². The fourth-order valence-electron chi connectivity index (χ4n) is 2.97. The number of likely N-dealkylation sites (tertiary alicyclic amines) is 1. The summed E-state index contributed by atoms with van der Waals surface area (Å²) in [5, 5.41) is 10.5. The predicted molar refractivity (Wildman–Crippen MR) is 81.5 cm³/mol. The third kappa shape index (κ3) is 3.27. The molecule has 20 heavy (non-hydrogen) atoms. The van der Waals surface area contributed by atoms with Crippen LogP contribution in [0.5, 0.6) is 0 Å². The topological polar surface area (TPSA) is 40.5 Å². The van der Waals surface area contributed by atoms with E-state index in [-0.39, 0.29) is 6.42 Å². The molecular formula is C15H19Cl2NO2. The zero-order valence-electron chi connectivity index (χ0n) is 11.5. The number of hydrogen-bond acceptors (Lipinski definition) is 2. The number of hydrogen-bond donors (Lipinski definition) is 1. The second-order valence-electron chi connectivity index (χ2n) is 5.52. The van der Waals surface area contributed by atoms with Crippen LogP contribution < -0.4 is 0 Å². The molecule has 5 heteroatoms. The molecule has 0 bridgehead atoms. The lowest BCUT2D eigenvalue weighted by Gasteiger charge is -2.43. The van der Waals surface area contributed by atoms with Crippen LogP contribution in [0.4, 0.5) is 0 Å². The van der Waals surface area contributed by atoms with Gasteiger partial charge >= 0.3 is 5.97 Å². The van der Waals surface area contributed by atoms with Crippen molar-refractivity contribution in [3.8, 4) is 0 Å². The van der Waals surface area contributed by atoms with Crippen LogP contribution in [0.1, 0.15) is 38.2 Å². The van der Waals surface area contributed by atoms with Gasteiger partial charge in [0.15, 0.2) is 0 Å². The molecule has 1 aromatic carbocycles. The van der Waals surface area contributed by atoms with Gasteiger partial charge in [-0.2, -0.15) is 0 Å². The minimum Gasteiger partial charge on any atom is -0.481 e. The van der Waals surface area contributed by atoms with Crippen LogP contribution in [0, 0.1) is 0 Å². The van der Waals surface area contributed by atoms with Crippen molar-refractivity contribution < 1.29 is 9.90 Å². The third-order valence-corrected chi connectivity index (χ3v) is 4.62. The Labute approximate surface area is 129 Å². The fourth-order valence-corrected chi connectivity index (χ4v) is 3.46. The van der Waals surface area contributed by atoms with E-state index in [9.17, 15) is 9.90 Å². The van der Waals surface area contributed by atoms with Gasteiger partial charge in [-0.15, -0.1) is 0 Å². The lowest BCUT2D eigenvalue weighted by molar-refractivity contribution is -0.140. The van der Waals surface area contributed by atoms with Gasteiger partial charge in [0.05, 0.1) is 12.0 Å². The lowest BCUT2D eigenvalue weighted by Crippen LogP contribution is -2.48. The molecule has 0 radical (unpaired) electrons. The summed E-state index contributed by atoms with van der Waals surface area (Å²) in [6, 6.07) is 5.26. The Bertz CT molecular complexity index is 501. The van der Waals surface area contributed by atoms with Gasteiger partial charge in [-0.25, -0.2) is 0 Å². The van der Waals surface area contributed by atoms with Crippen molar-refractivity contribution in [2.24, 2.45) is 0 Å². The first-order chi connectivity index (χ1) is 9.43. The number of carbonyl (C=O) groups is 1. The number of halogens is 2. The van der Waals surface area contributed by atoms with Crippen LogP contribution in [0.2, 0.25) is 10.0 Å². The minimum atomic E-state index is -0.825. The molecule has 1 saturated heterocycles. The summed E-state index contributed by atoms with van der Waals surface area (Å²) in [7, 11) is 0. The number of aliphatic carboxylic acids is 1. The summed E-state index contributed by atoms with van der Waals surface area (Å²) >= 11 is 12.4. The van der Waals surface area contributed by atoms with Gasteiger partial charge in [-0.3, -0.25) is 9.69 Å². The summed E-state index contributed by atoms with van der Waals surface area (Å²) in [6.45, 7) is 3.74. The molecule has 0 spiro atoms. The Morgan fingerprint density at radius 1 is 1.30 bits per heavy atom. The molecule has 1 N–H and O–H groups in total. The first kappa shape index (κ1) is 15.6. The van der Waals surface area contributed by atoms with E-state index >= 15 is 0 Å². The second-order valence-corrected chi connectivity index (χ2v) is 6.36. The number of benzene rings is 1. The first-order valence-corrected chi connectivity index (χ1v) is 7.61. The lowest BCUT2D eigenvalue weighted by atomic mass is 9.85. The number of piperidine rings is 1. The maximum absolute atomic E-state index is 11.3. The quantitative estimate of drug-likeness (QED) is 0.906. The van der Waals surface area contributed by atoms with E-state index in [2.05, 4.69) is 4.90 Å². The van der Waals surface area contributed by atoms with Gasteiger partial charge in [0, 0.05) is 10.0 Å². The molecule has 110 valence electrons. The highest BCUT2D eigenvalue weighted by Crippen LogP contribution is 2.39. The van der Waals surface area contributed by atoms with E-state index < -0.39 is 11.5 Å². The maximum atomic E-state index is 11.3. The van der Waals surface area contributed by atoms with E-state index in [4.69, 9.17) is 23.2 Å². The minimum absolute atomic E-state index is 0.0209. The molecule has 0 saturated carbocycles. The van der Waals surface area contributed by atoms with Crippen LogP contribution in [0.3, 0.4) is 0 Å². The van der Waals surface area contributed by atoms with Crippen LogP contribution in [-0.2, 0) is 10.3 Å². The fraction of sp³-hybridized carbons (Fsp3) is 0.533. The molecule has 1 heterocycles. The van der Waals surface area contributed by atoms with E-state index in [1.165, 1.54) is 6.42 Å².